The lowest BCUT2D eigenvalue weighted by Crippen LogP contribution is -2.62. The topological polar surface area (TPSA) is 116 Å². The zero-order valence-corrected chi connectivity index (χ0v) is 18.9. The minimum atomic E-state index is -1.14. The second kappa shape index (κ2) is 11.8. The summed E-state index contributed by atoms with van der Waals surface area (Å²) >= 11 is 0. The van der Waals surface area contributed by atoms with Crippen LogP contribution < -0.4 is 5.32 Å². The Morgan fingerprint density at radius 2 is 1.94 bits per heavy atom. The third-order valence-corrected chi connectivity index (χ3v) is 5.68. The minimum absolute atomic E-state index is 0. The summed E-state index contributed by atoms with van der Waals surface area (Å²) in [6.07, 6.45) is 2.11. The molecule has 0 saturated carbocycles. The van der Waals surface area contributed by atoms with Crippen molar-refractivity contribution in [2.24, 2.45) is 0 Å². The molecule has 2 aliphatic heterocycles. The number of hydrazine groups is 1. The number of hydrogen-bond acceptors (Lipinski definition) is 6. The summed E-state index contributed by atoms with van der Waals surface area (Å²) in [5, 5.41) is 15.0. The molecule has 0 bridgehead atoms. The van der Waals surface area contributed by atoms with Gasteiger partial charge in [0.15, 0.2) is 6.04 Å². The van der Waals surface area contributed by atoms with E-state index in [2.05, 4.69) is 5.32 Å². The maximum Gasteiger partial charge on any atom is 0.328 e. The Bertz CT molecular complexity index is 821. The van der Waals surface area contributed by atoms with E-state index in [1.807, 2.05) is 30.3 Å². The van der Waals surface area contributed by atoms with Crippen molar-refractivity contribution < 1.29 is 29.0 Å². The van der Waals surface area contributed by atoms with Crippen LogP contribution in [0.1, 0.15) is 44.6 Å². The predicted molar refractivity (Wildman–Crippen MR) is 118 cm³/mol. The van der Waals surface area contributed by atoms with E-state index in [0.717, 1.165) is 10.6 Å². The van der Waals surface area contributed by atoms with E-state index in [4.69, 9.17) is 4.74 Å². The zero-order valence-electron chi connectivity index (χ0n) is 18.1. The highest BCUT2D eigenvalue weighted by Crippen LogP contribution is 2.25. The molecule has 0 radical (unpaired) electrons. The molecular formula is C22H30ClN3O6. The predicted octanol–water partition coefficient (Wildman–Crippen LogP) is 1.54. The molecule has 0 unspecified atom stereocenters. The van der Waals surface area contributed by atoms with Gasteiger partial charge in [-0.3, -0.25) is 24.7 Å². The molecule has 1 aromatic rings. The monoisotopic (exact) mass is 467 g/mol. The fraction of sp³-hybridized carbons (Fsp3) is 0.545. The van der Waals surface area contributed by atoms with Gasteiger partial charge in [-0.1, -0.05) is 30.3 Å². The minimum Gasteiger partial charge on any atom is -0.480 e. The number of esters is 1. The molecule has 176 valence electrons. The summed E-state index contributed by atoms with van der Waals surface area (Å²) in [4.78, 5) is 50.1. The molecule has 2 aliphatic rings. The third-order valence-electron chi connectivity index (χ3n) is 5.68. The van der Waals surface area contributed by atoms with Crippen molar-refractivity contribution in [3.8, 4) is 0 Å². The molecule has 0 aromatic heterocycles. The van der Waals surface area contributed by atoms with Crippen molar-refractivity contribution in [2.45, 2.75) is 63.6 Å². The molecule has 9 nitrogen and oxygen atoms in total. The van der Waals surface area contributed by atoms with E-state index in [-0.39, 0.29) is 44.2 Å². The molecule has 0 spiro atoms. The molecule has 2 amide bonds. The zero-order chi connectivity index (χ0) is 22.4. The first-order valence-corrected chi connectivity index (χ1v) is 10.7. The highest BCUT2D eigenvalue weighted by atomic mass is 35.5. The van der Waals surface area contributed by atoms with Gasteiger partial charge in [0.1, 0.15) is 6.04 Å². The van der Waals surface area contributed by atoms with Crippen molar-refractivity contribution in [3.63, 3.8) is 0 Å². The molecule has 32 heavy (non-hydrogen) atoms. The number of carbonyl (C=O) groups is 4. The van der Waals surface area contributed by atoms with Crippen LogP contribution in [0.5, 0.6) is 0 Å². The maximum atomic E-state index is 13.3. The number of carboxylic acids is 1. The van der Waals surface area contributed by atoms with Crippen LogP contribution >= 0.6 is 12.4 Å². The highest BCUT2D eigenvalue weighted by Gasteiger charge is 2.45. The largest absolute Gasteiger partial charge is 0.480 e. The van der Waals surface area contributed by atoms with Crippen molar-refractivity contribution in [3.05, 3.63) is 35.9 Å². The van der Waals surface area contributed by atoms with Gasteiger partial charge in [0.2, 0.25) is 5.91 Å². The fourth-order valence-corrected chi connectivity index (χ4v) is 4.12. The Morgan fingerprint density at radius 1 is 1.22 bits per heavy atom. The standard InChI is InChI=1S/C22H29N3O6.ClH/c1-2-31-22(30)17(11-10-15-7-4-3-5-8-15)23-16-12-13-19(26)24-14-6-9-18(21(28)29)25(24)20(16)27;/h3-5,7-8,16-18,23H,2,6,9-14H2,1H3,(H,28,29);1H/t16-,17-,18-;/m0./s1. The number of carboxylic acid groups (broad SMARTS) is 1. The SMILES string of the molecule is CCOC(=O)[C@H](CCc1ccccc1)N[C@H]1CCC(=O)N2CCC[C@@H](C(=O)O)N2C1=O.Cl. The fourth-order valence-electron chi connectivity index (χ4n) is 4.12. The lowest BCUT2D eigenvalue weighted by atomic mass is 10.0. The maximum absolute atomic E-state index is 13.3. The van der Waals surface area contributed by atoms with Gasteiger partial charge in [-0.15, -0.1) is 12.4 Å². The molecule has 3 rings (SSSR count). The van der Waals surface area contributed by atoms with E-state index < -0.39 is 36.0 Å². The third kappa shape index (κ3) is 5.98. The number of fused-ring (bicyclic) bond motifs is 1. The normalized spacial score (nSPS) is 21.8. The first-order valence-electron chi connectivity index (χ1n) is 10.7. The Hall–Kier alpha value is -2.65. The first kappa shape index (κ1) is 25.6. The number of amides is 2. The number of hydrogen-bond donors (Lipinski definition) is 2. The number of nitrogens with zero attached hydrogens (tertiary/aromatic N) is 2. The van der Waals surface area contributed by atoms with Gasteiger partial charge in [-0.2, -0.15) is 0 Å². The number of aliphatic carboxylic acids is 1. The van der Waals surface area contributed by atoms with Crippen LogP contribution in [0.25, 0.3) is 0 Å². The van der Waals surface area contributed by atoms with Gasteiger partial charge < -0.3 is 9.84 Å². The van der Waals surface area contributed by atoms with Crippen LogP contribution in [0.15, 0.2) is 30.3 Å². The Labute approximate surface area is 193 Å². The number of rotatable bonds is 8. The van der Waals surface area contributed by atoms with Crippen molar-refractivity contribution >= 4 is 36.2 Å². The van der Waals surface area contributed by atoms with Gasteiger partial charge in [0.25, 0.3) is 5.91 Å². The summed E-state index contributed by atoms with van der Waals surface area (Å²) in [7, 11) is 0. The van der Waals surface area contributed by atoms with E-state index in [0.29, 0.717) is 25.8 Å². The number of nitrogens with one attached hydrogen (secondary N) is 1. The highest BCUT2D eigenvalue weighted by molar-refractivity contribution is 5.92. The Balaban J connectivity index is 0.00000363. The summed E-state index contributed by atoms with van der Waals surface area (Å²) in [5.74, 6) is -2.38. The van der Waals surface area contributed by atoms with Crippen LogP contribution in [0, 0.1) is 0 Å². The number of ether oxygens (including phenoxy) is 1. The summed E-state index contributed by atoms with van der Waals surface area (Å²) < 4.78 is 5.19. The van der Waals surface area contributed by atoms with Crippen LogP contribution in [0.2, 0.25) is 0 Å². The molecule has 2 fully saturated rings. The number of benzene rings is 1. The van der Waals surface area contributed by atoms with Crippen LogP contribution in [-0.2, 0) is 30.3 Å². The number of halogens is 1. The van der Waals surface area contributed by atoms with Gasteiger partial charge >= 0.3 is 11.9 Å². The molecule has 0 aliphatic carbocycles. The number of carbonyl (C=O) groups excluding carboxylic acids is 3. The van der Waals surface area contributed by atoms with Gasteiger partial charge in [0, 0.05) is 13.0 Å². The van der Waals surface area contributed by atoms with Crippen molar-refractivity contribution in [1.82, 2.24) is 15.3 Å². The Morgan fingerprint density at radius 3 is 2.59 bits per heavy atom. The van der Waals surface area contributed by atoms with Crippen molar-refractivity contribution in [2.75, 3.05) is 13.2 Å². The first-order chi connectivity index (χ1) is 14.9. The molecule has 2 heterocycles. The number of aryl methyl sites for hydroxylation is 1. The second-order valence-corrected chi connectivity index (χ2v) is 7.78. The van der Waals surface area contributed by atoms with Gasteiger partial charge in [-0.05, 0) is 44.6 Å². The molecule has 10 heteroatoms. The van der Waals surface area contributed by atoms with E-state index in [9.17, 15) is 24.3 Å². The molecule has 2 N–H and O–H groups in total. The molecule has 3 atom stereocenters. The summed E-state index contributed by atoms with van der Waals surface area (Å²) in [6.45, 7) is 2.24. The van der Waals surface area contributed by atoms with Gasteiger partial charge in [0.05, 0.1) is 12.6 Å². The quantitative estimate of drug-likeness (QED) is 0.557. The lowest BCUT2D eigenvalue weighted by molar-refractivity contribution is -0.181. The average Bonchev–Trinajstić information content (AvgIpc) is 2.89. The van der Waals surface area contributed by atoms with E-state index in [1.54, 1.807) is 6.92 Å². The molecule has 2 saturated heterocycles. The summed E-state index contributed by atoms with van der Waals surface area (Å²) in [5.41, 5.74) is 1.05. The van der Waals surface area contributed by atoms with E-state index in [1.165, 1.54) is 5.01 Å². The van der Waals surface area contributed by atoms with E-state index >= 15 is 0 Å². The lowest BCUT2D eigenvalue weighted by Gasteiger charge is -2.42. The summed E-state index contributed by atoms with van der Waals surface area (Å²) in [6, 6.07) is 6.98. The Kier molecular flexibility index (Phi) is 9.46. The van der Waals surface area contributed by atoms with Crippen LogP contribution in [0.3, 0.4) is 0 Å². The molecule has 1 aromatic carbocycles. The van der Waals surface area contributed by atoms with Crippen LogP contribution in [0.4, 0.5) is 0 Å². The van der Waals surface area contributed by atoms with Crippen LogP contribution in [-0.4, -0.2) is 70.2 Å². The van der Waals surface area contributed by atoms with Crippen molar-refractivity contribution in [1.29, 1.82) is 0 Å². The second-order valence-electron chi connectivity index (χ2n) is 7.78. The average molecular weight is 468 g/mol. The smallest absolute Gasteiger partial charge is 0.328 e. The van der Waals surface area contributed by atoms with Gasteiger partial charge in [-0.25, -0.2) is 9.80 Å². The molecular weight excluding hydrogens is 438 g/mol.